The Kier molecular flexibility index (Phi) is 6.96. The lowest BCUT2D eigenvalue weighted by molar-refractivity contribution is 0.577. The summed E-state index contributed by atoms with van der Waals surface area (Å²) in [6.45, 7) is 5.77. The highest BCUT2D eigenvalue weighted by Gasteiger charge is 2.21. The minimum absolute atomic E-state index is 0.380. The van der Waals surface area contributed by atoms with Crippen LogP contribution in [0.5, 0.6) is 0 Å². The Bertz CT molecular complexity index is 921. The maximum absolute atomic E-state index is 12.4. The summed E-state index contributed by atoms with van der Waals surface area (Å²) >= 11 is 0. The number of hydrogen-bond acceptors (Lipinski definition) is 4. The molecule has 146 valence electrons. The van der Waals surface area contributed by atoms with Crippen LogP contribution in [0, 0.1) is 0 Å². The Morgan fingerprint density at radius 2 is 1.89 bits per heavy atom. The van der Waals surface area contributed by atoms with E-state index in [-0.39, 0.29) is 5.25 Å². The van der Waals surface area contributed by atoms with Crippen LogP contribution in [0.3, 0.4) is 0 Å². The Hall–Kier alpha value is -2.41. The molecule has 0 amide bonds. The highest BCUT2D eigenvalue weighted by molar-refractivity contribution is 7.93. The van der Waals surface area contributed by atoms with Crippen molar-refractivity contribution in [3.8, 4) is 11.1 Å². The van der Waals surface area contributed by atoms with Crippen LogP contribution in [0.2, 0.25) is 0 Å². The van der Waals surface area contributed by atoms with Gasteiger partial charge in [-0.2, -0.15) is 5.10 Å². The molecule has 27 heavy (non-hydrogen) atoms. The minimum Gasteiger partial charge on any atom is -0.297 e. The number of hydrogen-bond donors (Lipinski definition) is 1. The van der Waals surface area contributed by atoms with Crippen LogP contribution in [0.15, 0.2) is 41.5 Å². The molecule has 1 aromatic carbocycles. The molecule has 0 bridgehead atoms. The first kappa shape index (κ1) is 20.9. The second kappa shape index (κ2) is 8.99. The Labute approximate surface area is 162 Å². The molecule has 2 aromatic rings. The van der Waals surface area contributed by atoms with E-state index in [1.165, 1.54) is 0 Å². The summed E-state index contributed by atoms with van der Waals surface area (Å²) < 4.78 is 29.3. The summed E-state index contributed by atoms with van der Waals surface area (Å²) in [5.74, 6) is 0. The number of aryl methyl sites for hydroxylation is 1. The summed E-state index contributed by atoms with van der Waals surface area (Å²) in [6.07, 6.45) is 6.80. The fourth-order valence-corrected chi connectivity index (χ4v) is 4.46. The van der Waals surface area contributed by atoms with Crippen molar-refractivity contribution in [2.75, 3.05) is 11.8 Å². The third kappa shape index (κ3) is 5.07. The largest absolute Gasteiger partial charge is 0.297 e. The summed E-state index contributed by atoms with van der Waals surface area (Å²) in [7, 11) is 0.237. The molecule has 1 heterocycles. The quantitative estimate of drug-likeness (QED) is 0.691. The molecular formula is C20H28N4O2S. The number of allylic oxidation sites excluding steroid dienone is 2. The van der Waals surface area contributed by atoms with Gasteiger partial charge in [-0.3, -0.25) is 14.4 Å². The summed E-state index contributed by atoms with van der Waals surface area (Å²) in [5, 5.41) is 4.16. The first-order valence-corrected chi connectivity index (χ1v) is 10.6. The van der Waals surface area contributed by atoms with Gasteiger partial charge in [0, 0.05) is 37.8 Å². The second-order valence-electron chi connectivity index (χ2n) is 6.48. The van der Waals surface area contributed by atoms with Gasteiger partial charge in [-0.1, -0.05) is 26.0 Å². The van der Waals surface area contributed by atoms with Crippen molar-refractivity contribution in [3.63, 3.8) is 0 Å². The average molecular weight is 389 g/mol. The number of nitrogens with one attached hydrogen (secondary N) is 1. The fraction of sp³-hybridized carbons (Fsp3) is 0.400. The molecule has 0 saturated carbocycles. The van der Waals surface area contributed by atoms with Gasteiger partial charge in [0.1, 0.15) is 0 Å². The lowest BCUT2D eigenvalue weighted by Crippen LogP contribution is -2.26. The van der Waals surface area contributed by atoms with E-state index in [0.29, 0.717) is 18.5 Å². The normalized spacial score (nSPS) is 12.9. The van der Waals surface area contributed by atoms with E-state index in [9.17, 15) is 8.42 Å². The van der Waals surface area contributed by atoms with Crippen LogP contribution >= 0.6 is 0 Å². The predicted octanol–water partition coefficient (Wildman–Crippen LogP) is 4.12. The first-order valence-electron chi connectivity index (χ1n) is 9.07. The summed E-state index contributed by atoms with van der Waals surface area (Å²) in [6, 6.07) is 7.40. The summed E-state index contributed by atoms with van der Waals surface area (Å²) in [4.78, 5) is 3.98. The topological polar surface area (TPSA) is 76.3 Å². The molecule has 0 radical (unpaired) electrons. The standard InChI is InChI=1S/C20H28N4O2S/c1-6-18(7-2)27(25,26)23-17-10-8-16(9-11-17)19-14-24(5)22-20(19)15(3)12-13-21-4/h8-14,18,23H,6-7H2,1-5H3. The van der Waals surface area contributed by atoms with Crippen LogP contribution in [0.1, 0.15) is 39.3 Å². The van der Waals surface area contributed by atoms with Gasteiger partial charge >= 0.3 is 0 Å². The van der Waals surface area contributed by atoms with E-state index >= 15 is 0 Å². The van der Waals surface area contributed by atoms with Crippen LogP contribution in [0.25, 0.3) is 16.7 Å². The van der Waals surface area contributed by atoms with Crippen molar-refractivity contribution >= 4 is 27.5 Å². The van der Waals surface area contributed by atoms with Gasteiger partial charge in [-0.15, -0.1) is 0 Å². The molecule has 0 aliphatic rings. The van der Waals surface area contributed by atoms with Crippen molar-refractivity contribution in [2.24, 2.45) is 12.0 Å². The molecule has 7 heteroatoms. The molecule has 1 N–H and O–H groups in total. The van der Waals surface area contributed by atoms with Crippen LogP contribution < -0.4 is 4.72 Å². The molecule has 0 atom stereocenters. The molecule has 0 spiro atoms. The monoisotopic (exact) mass is 388 g/mol. The zero-order valence-corrected chi connectivity index (χ0v) is 17.4. The highest BCUT2D eigenvalue weighted by Crippen LogP contribution is 2.29. The van der Waals surface area contributed by atoms with Gasteiger partial charge in [0.2, 0.25) is 10.0 Å². The van der Waals surface area contributed by atoms with Gasteiger partial charge in [0.05, 0.1) is 10.9 Å². The molecule has 2 rings (SSSR count). The zero-order chi connectivity index (χ0) is 20.0. The minimum atomic E-state index is -3.37. The second-order valence-corrected chi connectivity index (χ2v) is 8.45. The van der Waals surface area contributed by atoms with E-state index in [1.807, 2.05) is 52.2 Å². The highest BCUT2D eigenvalue weighted by atomic mass is 32.2. The lowest BCUT2D eigenvalue weighted by Gasteiger charge is -2.15. The Morgan fingerprint density at radius 3 is 2.44 bits per heavy atom. The van der Waals surface area contributed by atoms with Crippen molar-refractivity contribution in [3.05, 3.63) is 42.2 Å². The van der Waals surface area contributed by atoms with E-state index in [1.54, 1.807) is 30.1 Å². The summed E-state index contributed by atoms with van der Waals surface area (Å²) in [5.41, 5.74) is 4.42. The molecule has 0 fully saturated rings. The SMILES string of the molecule is CCC(CC)S(=O)(=O)Nc1ccc(-c2cn(C)nc2C(C)=CC=NC)cc1. The number of rotatable bonds is 8. The molecule has 1 aromatic heterocycles. The van der Waals surface area contributed by atoms with Crippen LogP contribution in [-0.4, -0.2) is 36.7 Å². The van der Waals surface area contributed by atoms with E-state index in [0.717, 1.165) is 22.4 Å². The van der Waals surface area contributed by atoms with Gasteiger partial charge in [0.25, 0.3) is 0 Å². The molecule has 6 nitrogen and oxygen atoms in total. The molecular weight excluding hydrogens is 360 g/mol. The van der Waals surface area contributed by atoms with Gasteiger partial charge < -0.3 is 0 Å². The number of benzene rings is 1. The fourth-order valence-electron chi connectivity index (χ4n) is 2.95. The van der Waals surface area contributed by atoms with Crippen molar-refractivity contribution in [2.45, 2.75) is 38.9 Å². The Morgan fingerprint density at radius 1 is 1.26 bits per heavy atom. The molecule has 0 unspecified atom stereocenters. The Balaban J connectivity index is 2.31. The van der Waals surface area contributed by atoms with Crippen molar-refractivity contribution < 1.29 is 8.42 Å². The average Bonchev–Trinajstić information content (AvgIpc) is 3.02. The third-order valence-electron chi connectivity index (χ3n) is 4.48. The van der Waals surface area contributed by atoms with E-state index in [2.05, 4.69) is 14.8 Å². The third-order valence-corrected chi connectivity index (χ3v) is 6.55. The molecule has 0 aliphatic heterocycles. The van der Waals surface area contributed by atoms with E-state index < -0.39 is 10.0 Å². The number of aliphatic imine (C=N–C) groups is 1. The van der Waals surface area contributed by atoms with Crippen molar-refractivity contribution in [1.29, 1.82) is 0 Å². The van der Waals surface area contributed by atoms with E-state index in [4.69, 9.17) is 0 Å². The number of nitrogens with zero attached hydrogens (tertiary/aromatic N) is 3. The predicted molar refractivity (Wildman–Crippen MR) is 114 cm³/mol. The van der Waals surface area contributed by atoms with Gasteiger partial charge in [-0.25, -0.2) is 8.42 Å². The zero-order valence-electron chi connectivity index (χ0n) is 16.6. The first-order chi connectivity index (χ1) is 12.8. The van der Waals surface area contributed by atoms with Gasteiger partial charge in [0.15, 0.2) is 0 Å². The van der Waals surface area contributed by atoms with Crippen LogP contribution in [0.4, 0.5) is 5.69 Å². The van der Waals surface area contributed by atoms with Crippen LogP contribution in [-0.2, 0) is 17.1 Å². The van der Waals surface area contributed by atoms with Gasteiger partial charge in [-0.05, 0) is 49.1 Å². The number of anilines is 1. The molecule has 0 saturated heterocycles. The smallest absolute Gasteiger partial charge is 0.235 e. The lowest BCUT2D eigenvalue weighted by atomic mass is 10.0. The number of sulfonamides is 1. The number of aromatic nitrogens is 2. The molecule has 0 aliphatic carbocycles. The maximum atomic E-state index is 12.4. The van der Waals surface area contributed by atoms with Crippen molar-refractivity contribution in [1.82, 2.24) is 9.78 Å². The maximum Gasteiger partial charge on any atom is 0.235 e.